The molecule has 2 rings (SSSR count). The largest absolute Gasteiger partial charge is 0.335 e. The van der Waals surface area contributed by atoms with Crippen LogP contribution in [0.1, 0.15) is 29.6 Å². The second-order valence-electron chi connectivity index (χ2n) is 4.45. The maximum atomic E-state index is 12.3. The lowest BCUT2D eigenvalue weighted by Gasteiger charge is -2.21. The second kappa shape index (κ2) is 5.48. The zero-order chi connectivity index (χ0) is 13.8. The normalized spacial score (nSPS) is 13.6. The summed E-state index contributed by atoms with van der Waals surface area (Å²) >= 11 is 0. The summed E-state index contributed by atoms with van der Waals surface area (Å²) in [5, 5.41) is 19.3. The SMILES string of the molecule is N#CCCN(C(=O)c1cccc([N+](=O)[O-])c1)C1CC1. The molecule has 0 radical (unpaired) electrons. The quantitative estimate of drug-likeness (QED) is 0.598. The molecule has 6 heteroatoms. The van der Waals surface area contributed by atoms with Gasteiger partial charge in [0, 0.05) is 30.3 Å². The molecule has 0 spiro atoms. The summed E-state index contributed by atoms with van der Waals surface area (Å²) in [6, 6.07) is 7.90. The van der Waals surface area contributed by atoms with Crippen LogP contribution in [0.5, 0.6) is 0 Å². The van der Waals surface area contributed by atoms with Crippen molar-refractivity contribution in [1.29, 1.82) is 5.26 Å². The molecule has 1 saturated carbocycles. The minimum Gasteiger partial charge on any atom is -0.335 e. The first-order chi connectivity index (χ1) is 9.13. The third-order valence-electron chi connectivity index (χ3n) is 3.02. The van der Waals surface area contributed by atoms with Gasteiger partial charge in [-0.2, -0.15) is 5.26 Å². The molecule has 0 saturated heterocycles. The zero-order valence-corrected chi connectivity index (χ0v) is 10.3. The summed E-state index contributed by atoms with van der Waals surface area (Å²) in [7, 11) is 0. The molecule has 1 fully saturated rings. The van der Waals surface area contributed by atoms with E-state index in [0.717, 1.165) is 12.8 Å². The summed E-state index contributed by atoms with van der Waals surface area (Å²) < 4.78 is 0. The van der Waals surface area contributed by atoms with E-state index in [4.69, 9.17) is 5.26 Å². The minimum atomic E-state index is -0.520. The van der Waals surface area contributed by atoms with E-state index in [2.05, 4.69) is 0 Å². The first kappa shape index (κ1) is 13.0. The highest BCUT2D eigenvalue weighted by Crippen LogP contribution is 2.28. The molecule has 0 N–H and O–H groups in total. The van der Waals surface area contributed by atoms with E-state index in [-0.39, 0.29) is 24.1 Å². The van der Waals surface area contributed by atoms with Crippen LogP contribution in [0.3, 0.4) is 0 Å². The molecule has 1 aliphatic carbocycles. The summed E-state index contributed by atoms with van der Waals surface area (Å²) in [5.41, 5.74) is 0.209. The Labute approximate surface area is 110 Å². The van der Waals surface area contributed by atoms with E-state index in [0.29, 0.717) is 12.1 Å². The number of nitriles is 1. The summed E-state index contributed by atoms with van der Waals surface area (Å²) in [6.45, 7) is 0.378. The Bertz CT molecular complexity index is 546. The standard InChI is InChI=1S/C13H13N3O3/c14-7-2-8-15(11-5-6-11)13(17)10-3-1-4-12(9-10)16(18)19/h1,3-4,9,11H,2,5-6,8H2. The number of rotatable bonds is 5. The van der Waals surface area contributed by atoms with Crippen LogP contribution in [0.25, 0.3) is 0 Å². The molecule has 0 aliphatic heterocycles. The Morgan fingerprint density at radius 1 is 1.53 bits per heavy atom. The first-order valence-corrected chi connectivity index (χ1v) is 6.06. The van der Waals surface area contributed by atoms with Crippen LogP contribution in [0.15, 0.2) is 24.3 Å². The number of amides is 1. The van der Waals surface area contributed by atoms with Gasteiger partial charge in [-0.1, -0.05) is 6.07 Å². The molecular formula is C13H13N3O3. The van der Waals surface area contributed by atoms with E-state index in [9.17, 15) is 14.9 Å². The highest BCUT2D eigenvalue weighted by Gasteiger charge is 2.32. The van der Waals surface area contributed by atoms with Crippen LogP contribution in [-0.2, 0) is 0 Å². The molecule has 6 nitrogen and oxygen atoms in total. The molecule has 1 aromatic rings. The summed E-state index contributed by atoms with van der Waals surface area (Å²) in [5.74, 6) is -0.235. The molecule has 0 unspecified atom stereocenters. The lowest BCUT2D eigenvalue weighted by molar-refractivity contribution is -0.384. The fourth-order valence-electron chi connectivity index (χ4n) is 1.92. The fourth-order valence-corrected chi connectivity index (χ4v) is 1.92. The van der Waals surface area contributed by atoms with Crippen molar-refractivity contribution in [1.82, 2.24) is 4.90 Å². The fraction of sp³-hybridized carbons (Fsp3) is 0.385. The van der Waals surface area contributed by atoms with Gasteiger partial charge in [0.25, 0.3) is 11.6 Å². The van der Waals surface area contributed by atoms with Gasteiger partial charge in [0.1, 0.15) is 0 Å². The Morgan fingerprint density at radius 3 is 2.84 bits per heavy atom. The van der Waals surface area contributed by atoms with Gasteiger partial charge in [0.2, 0.25) is 0 Å². The van der Waals surface area contributed by atoms with Gasteiger partial charge in [0.05, 0.1) is 17.4 Å². The highest BCUT2D eigenvalue weighted by atomic mass is 16.6. The first-order valence-electron chi connectivity index (χ1n) is 6.06. The number of hydrogen-bond acceptors (Lipinski definition) is 4. The van der Waals surface area contributed by atoms with E-state index in [1.54, 1.807) is 11.0 Å². The Hall–Kier alpha value is -2.42. The van der Waals surface area contributed by atoms with E-state index < -0.39 is 4.92 Å². The van der Waals surface area contributed by atoms with Crippen LogP contribution in [-0.4, -0.2) is 28.3 Å². The van der Waals surface area contributed by atoms with Crippen LogP contribution in [0.4, 0.5) is 5.69 Å². The van der Waals surface area contributed by atoms with Gasteiger partial charge >= 0.3 is 0 Å². The van der Waals surface area contributed by atoms with Crippen molar-refractivity contribution in [2.24, 2.45) is 0 Å². The number of nitrogens with zero attached hydrogens (tertiary/aromatic N) is 3. The van der Waals surface area contributed by atoms with Crippen molar-refractivity contribution >= 4 is 11.6 Å². The van der Waals surface area contributed by atoms with Crippen LogP contribution in [0.2, 0.25) is 0 Å². The zero-order valence-electron chi connectivity index (χ0n) is 10.3. The molecule has 0 atom stereocenters. The predicted molar refractivity (Wildman–Crippen MR) is 67.4 cm³/mol. The Morgan fingerprint density at radius 2 is 2.26 bits per heavy atom. The minimum absolute atomic E-state index is 0.0955. The molecule has 19 heavy (non-hydrogen) atoms. The topological polar surface area (TPSA) is 87.2 Å². The molecule has 0 heterocycles. The molecule has 98 valence electrons. The van der Waals surface area contributed by atoms with E-state index >= 15 is 0 Å². The van der Waals surface area contributed by atoms with E-state index in [1.165, 1.54) is 18.2 Å². The molecule has 0 aromatic heterocycles. The van der Waals surface area contributed by atoms with Gasteiger partial charge in [-0.05, 0) is 18.9 Å². The smallest absolute Gasteiger partial charge is 0.270 e. The number of nitro groups is 1. The van der Waals surface area contributed by atoms with E-state index in [1.807, 2.05) is 6.07 Å². The van der Waals surface area contributed by atoms with Gasteiger partial charge < -0.3 is 4.90 Å². The number of non-ortho nitro benzene ring substituents is 1. The van der Waals surface area contributed by atoms with Gasteiger partial charge in [-0.15, -0.1) is 0 Å². The Kier molecular flexibility index (Phi) is 3.76. The van der Waals surface area contributed by atoms with Crippen LogP contribution in [0, 0.1) is 21.4 Å². The van der Waals surface area contributed by atoms with Crippen LogP contribution >= 0.6 is 0 Å². The number of carbonyl (C=O) groups excluding carboxylic acids is 1. The van der Waals surface area contributed by atoms with Crippen molar-refractivity contribution < 1.29 is 9.72 Å². The molecule has 1 aromatic carbocycles. The van der Waals surface area contributed by atoms with Gasteiger partial charge in [0.15, 0.2) is 0 Å². The molecule has 1 amide bonds. The van der Waals surface area contributed by atoms with Gasteiger partial charge in [-0.25, -0.2) is 0 Å². The number of hydrogen-bond donors (Lipinski definition) is 0. The average Bonchev–Trinajstić information content (AvgIpc) is 3.23. The number of benzene rings is 1. The average molecular weight is 259 g/mol. The Balaban J connectivity index is 2.19. The summed E-state index contributed by atoms with van der Waals surface area (Å²) in [6.07, 6.45) is 2.15. The van der Waals surface area contributed by atoms with Crippen LogP contribution < -0.4 is 0 Å². The number of nitro benzene ring substituents is 1. The van der Waals surface area contributed by atoms with Gasteiger partial charge in [-0.3, -0.25) is 14.9 Å². The lowest BCUT2D eigenvalue weighted by atomic mass is 10.1. The third-order valence-corrected chi connectivity index (χ3v) is 3.02. The van der Waals surface area contributed by atoms with Crippen molar-refractivity contribution in [3.63, 3.8) is 0 Å². The maximum absolute atomic E-state index is 12.3. The molecule has 1 aliphatic rings. The maximum Gasteiger partial charge on any atom is 0.270 e. The van der Waals surface area contributed by atoms with Crippen molar-refractivity contribution in [3.8, 4) is 6.07 Å². The number of carbonyl (C=O) groups is 1. The third kappa shape index (κ3) is 3.07. The summed E-state index contributed by atoms with van der Waals surface area (Å²) in [4.78, 5) is 24.1. The second-order valence-corrected chi connectivity index (χ2v) is 4.45. The molecular weight excluding hydrogens is 246 g/mol. The van der Waals surface area contributed by atoms with Crippen molar-refractivity contribution in [2.45, 2.75) is 25.3 Å². The van der Waals surface area contributed by atoms with Crippen molar-refractivity contribution in [3.05, 3.63) is 39.9 Å². The molecule has 0 bridgehead atoms. The monoisotopic (exact) mass is 259 g/mol. The lowest BCUT2D eigenvalue weighted by Crippen LogP contribution is -2.33. The highest BCUT2D eigenvalue weighted by molar-refractivity contribution is 5.95. The van der Waals surface area contributed by atoms with Crippen molar-refractivity contribution in [2.75, 3.05) is 6.54 Å². The predicted octanol–water partition coefficient (Wildman–Crippen LogP) is 2.11.